The van der Waals surface area contributed by atoms with Crippen molar-refractivity contribution in [3.05, 3.63) is 46.5 Å². The molecule has 0 aliphatic carbocycles. The van der Waals surface area contributed by atoms with E-state index in [1.165, 1.54) is 23.9 Å². The summed E-state index contributed by atoms with van der Waals surface area (Å²) in [5.74, 6) is 0.814. The first-order valence-electron chi connectivity index (χ1n) is 7.53. The fraction of sp³-hybridized carbons (Fsp3) is 0.333. The second-order valence-electron chi connectivity index (χ2n) is 5.12. The van der Waals surface area contributed by atoms with Crippen molar-refractivity contribution >= 4 is 11.8 Å². The summed E-state index contributed by atoms with van der Waals surface area (Å²) in [4.78, 5) is 16.0. The molecule has 0 aliphatic heterocycles. The van der Waals surface area contributed by atoms with Gasteiger partial charge in [0, 0.05) is 25.8 Å². The second kappa shape index (κ2) is 8.08. The first-order chi connectivity index (χ1) is 12.2. The largest absolute Gasteiger partial charge is 0.385 e. The predicted octanol–water partition coefficient (Wildman–Crippen LogP) is 2.09. The molecule has 0 saturated heterocycles. The summed E-state index contributed by atoms with van der Waals surface area (Å²) in [7, 11) is 1.61. The lowest BCUT2D eigenvalue weighted by molar-refractivity contribution is 0.189. The number of halogens is 1. The number of rotatable bonds is 8. The van der Waals surface area contributed by atoms with Gasteiger partial charge >= 0.3 is 5.69 Å². The highest BCUT2D eigenvalue weighted by Gasteiger charge is 2.13. The number of nitrogens with one attached hydrogen (secondary N) is 1. The van der Waals surface area contributed by atoms with Gasteiger partial charge in [-0.15, -0.1) is 5.10 Å². The Bertz CT molecular complexity index is 874. The number of aromatic nitrogens is 5. The third-order valence-corrected chi connectivity index (χ3v) is 4.31. The van der Waals surface area contributed by atoms with E-state index < -0.39 is 0 Å². The molecule has 3 aromatic rings. The number of aromatic amines is 1. The number of methoxy groups -OCH3 is 1. The lowest BCUT2D eigenvalue weighted by atomic mass is 10.2. The highest BCUT2D eigenvalue weighted by Crippen LogP contribution is 2.21. The highest BCUT2D eigenvalue weighted by atomic mass is 32.2. The van der Waals surface area contributed by atoms with Gasteiger partial charge in [0.15, 0.2) is 5.16 Å². The Balaban J connectivity index is 1.65. The second-order valence-corrected chi connectivity index (χ2v) is 6.06. The van der Waals surface area contributed by atoms with Crippen molar-refractivity contribution in [2.75, 3.05) is 13.7 Å². The van der Waals surface area contributed by atoms with E-state index in [1.807, 2.05) is 0 Å². The van der Waals surface area contributed by atoms with Crippen molar-refractivity contribution in [3.8, 4) is 11.4 Å². The molecule has 1 aromatic carbocycles. The van der Waals surface area contributed by atoms with E-state index in [9.17, 15) is 9.18 Å². The van der Waals surface area contributed by atoms with Gasteiger partial charge in [0.25, 0.3) is 0 Å². The number of ether oxygens (including phenoxy) is 1. The van der Waals surface area contributed by atoms with Crippen LogP contribution in [0.1, 0.15) is 12.3 Å². The number of hydrogen-bond acceptors (Lipinski definition) is 7. The zero-order chi connectivity index (χ0) is 17.6. The van der Waals surface area contributed by atoms with Crippen LogP contribution in [-0.2, 0) is 17.0 Å². The van der Waals surface area contributed by atoms with Gasteiger partial charge in [-0.2, -0.15) is 4.98 Å². The molecule has 2 aromatic heterocycles. The molecule has 25 heavy (non-hydrogen) atoms. The molecule has 0 saturated carbocycles. The van der Waals surface area contributed by atoms with Crippen molar-refractivity contribution < 1.29 is 13.7 Å². The van der Waals surface area contributed by atoms with Crippen LogP contribution >= 0.6 is 11.8 Å². The molecule has 3 rings (SSSR count). The molecule has 0 bridgehead atoms. The molecule has 0 unspecified atom stereocenters. The summed E-state index contributed by atoms with van der Waals surface area (Å²) in [6, 6.07) is 5.83. The van der Waals surface area contributed by atoms with Gasteiger partial charge in [0.1, 0.15) is 5.82 Å². The van der Waals surface area contributed by atoms with Gasteiger partial charge in [0.05, 0.1) is 5.75 Å². The molecule has 2 heterocycles. The van der Waals surface area contributed by atoms with Gasteiger partial charge in [-0.3, -0.25) is 4.57 Å². The number of H-pyrrole nitrogens is 1. The smallest absolute Gasteiger partial charge is 0.343 e. The Kier molecular flexibility index (Phi) is 5.61. The highest BCUT2D eigenvalue weighted by molar-refractivity contribution is 7.98. The molecular formula is C15H16FN5O3S. The molecule has 0 spiro atoms. The Hall–Kier alpha value is -2.46. The Labute approximate surface area is 146 Å². The number of benzene rings is 1. The van der Waals surface area contributed by atoms with Crippen molar-refractivity contribution in [3.63, 3.8) is 0 Å². The average Bonchev–Trinajstić information content (AvgIpc) is 3.22. The summed E-state index contributed by atoms with van der Waals surface area (Å²) in [5.41, 5.74) is 0.397. The molecule has 8 nitrogen and oxygen atoms in total. The van der Waals surface area contributed by atoms with Crippen molar-refractivity contribution in [1.82, 2.24) is 24.9 Å². The van der Waals surface area contributed by atoms with Gasteiger partial charge < -0.3 is 9.26 Å². The predicted molar refractivity (Wildman–Crippen MR) is 88.6 cm³/mol. The van der Waals surface area contributed by atoms with Crippen LogP contribution in [-0.4, -0.2) is 38.6 Å². The fourth-order valence-corrected chi connectivity index (χ4v) is 2.94. The van der Waals surface area contributed by atoms with Crippen molar-refractivity contribution in [2.45, 2.75) is 23.9 Å². The van der Waals surface area contributed by atoms with Gasteiger partial charge in [-0.05, 0) is 30.7 Å². The van der Waals surface area contributed by atoms with Crippen LogP contribution in [0.5, 0.6) is 0 Å². The monoisotopic (exact) mass is 365 g/mol. The minimum Gasteiger partial charge on any atom is -0.385 e. The minimum atomic E-state index is -0.326. The van der Waals surface area contributed by atoms with Crippen LogP contribution in [0.25, 0.3) is 11.4 Å². The molecule has 10 heteroatoms. The van der Waals surface area contributed by atoms with Crippen LogP contribution < -0.4 is 5.69 Å². The van der Waals surface area contributed by atoms with E-state index in [0.29, 0.717) is 47.8 Å². The molecule has 0 radical (unpaired) electrons. The van der Waals surface area contributed by atoms with E-state index >= 15 is 0 Å². The van der Waals surface area contributed by atoms with E-state index in [4.69, 9.17) is 9.26 Å². The topological polar surface area (TPSA) is 98.8 Å². The third kappa shape index (κ3) is 4.34. The fourth-order valence-electron chi connectivity index (χ4n) is 2.13. The maximum Gasteiger partial charge on any atom is 0.343 e. The van der Waals surface area contributed by atoms with E-state index in [-0.39, 0.29) is 11.5 Å². The first kappa shape index (κ1) is 17.4. The van der Waals surface area contributed by atoms with Crippen molar-refractivity contribution in [2.24, 2.45) is 0 Å². The van der Waals surface area contributed by atoms with E-state index in [0.717, 1.165) is 0 Å². The lowest BCUT2D eigenvalue weighted by Gasteiger charge is -2.03. The van der Waals surface area contributed by atoms with Crippen LogP contribution in [0.3, 0.4) is 0 Å². The molecule has 1 N–H and O–H groups in total. The average molecular weight is 365 g/mol. The maximum absolute atomic E-state index is 13.0. The zero-order valence-corrected chi connectivity index (χ0v) is 14.3. The van der Waals surface area contributed by atoms with Gasteiger partial charge in [-0.1, -0.05) is 16.9 Å². The number of thioether (sulfide) groups is 1. The van der Waals surface area contributed by atoms with Gasteiger partial charge in [0.2, 0.25) is 11.7 Å². The number of hydrogen-bond donors (Lipinski definition) is 1. The van der Waals surface area contributed by atoms with Gasteiger partial charge in [-0.25, -0.2) is 14.3 Å². The molecule has 0 fully saturated rings. The Morgan fingerprint density at radius 2 is 2.16 bits per heavy atom. The maximum atomic E-state index is 13.0. The SMILES string of the molecule is COCCCn1c(SCc2nc(-c3ccc(F)cc3)no2)n[nH]c1=O. The molecule has 0 amide bonds. The normalized spacial score (nSPS) is 11.1. The Morgan fingerprint density at radius 3 is 2.92 bits per heavy atom. The van der Waals surface area contributed by atoms with Crippen LogP contribution in [0.15, 0.2) is 38.7 Å². The summed E-state index contributed by atoms with van der Waals surface area (Å²) in [6.45, 7) is 1.07. The van der Waals surface area contributed by atoms with E-state index in [2.05, 4.69) is 20.3 Å². The molecule has 132 valence electrons. The lowest BCUT2D eigenvalue weighted by Crippen LogP contribution is -2.18. The molecule has 0 atom stereocenters. The summed E-state index contributed by atoms with van der Waals surface area (Å²) in [6.07, 6.45) is 0.707. The standard InChI is InChI=1S/C15H16FN5O3S/c1-23-8-2-7-21-14(22)18-19-15(21)25-9-12-17-13(20-24-12)10-3-5-11(16)6-4-10/h3-6H,2,7-9H2,1H3,(H,18,22). The summed E-state index contributed by atoms with van der Waals surface area (Å²) < 4.78 is 24.7. The van der Waals surface area contributed by atoms with Crippen LogP contribution in [0.4, 0.5) is 4.39 Å². The van der Waals surface area contributed by atoms with E-state index in [1.54, 1.807) is 23.8 Å². The van der Waals surface area contributed by atoms with Crippen LogP contribution in [0.2, 0.25) is 0 Å². The van der Waals surface area contributed by atoms with Crippen molar-refractivity contribution in [1.29, 1.82) is 0 Å². The zero-order valence-electron chi connectivity index (χ0n) is 13.4. The molecular weight excluding hydrogens is 349 g/mol. The number of nitrogens with zero attached hydrogens (tertiary/aromatic N) is 4. The summed E-state index contributed by atoms with van der Waals surface area (Å²) >= 11 is 1.31. The minimum absolute atomic E-state index is 0.267. The quantitative estimate of drug-likeness (QED) is 0.482. The molecule has 0 aliphatic rings. The Morgan fingerprint density at radius 1 is 1.36 bits per heavy atom. The first-order valence-corrected chi connectivity index (χ1v) is 8.51. The third-order valence-electron chi connectivity index (χ3n) is 3.35. The van der Waals surface area contributed by atoms with Crippen LogP contribution in [0, 0.1) is 5.82 Å². The summed E-state index contributed by atoms with van der Waals surface area (Å²) in [5, 5.41) is 10.9.